The SMILES string of the molecule is Fc1ccc(CNCCOCCCl)cc1F. The first kappa shape index (κ1) is 13.4. The third-order valence-electron chi connectivity index (χ3n) is 1.96. The summed E-state index contributed by atoms with van der Waals surface area (Å²) in [5.41, 5.74) is 0.705. The Morgan fingerprint density at radius 1 is 1.19 bits per heavy atom. The summed E-state index contributed by atoms with van der Waals surface area (Å²) in [6.07, 6.45) is 0. The summed E-state index contributed by atoms with van der Waals surface area (Å²) in [6, 6.07) is 3.85. The molecule has 0 radical (unpaired) electrons. The van der Waals surface area contributed by atoms with Crippen LogP contribution in [0.2, 0.25) is 0 Å². The van der Waals surface area contributed by atoms with Gasteiger partial charge in [-0.1, -0.05) is 6.07 Å². The summed E-state index contributed by atoms with van der Waals surface area (Å²) in [6.45, 7) is 2.21. The Morgan fingerprint density at radius 3 is 2.69 bits per heavy atom. The minimum Gasteiger partial charge on any atom is -0.379 e. The highest BCUT2D eigenvalue weighted by molar-refractivity contribution is 6.17. The zero-order valence-electron chi connectivity index (χ0n) is 8.81. The molecule has 0 spiro atoms. The molecule has 0 amide bonds. The van der Waals surface area contributed by atoms with Gasteiger partial charge in [0.25, 0.3) is 0 Å². The van der Waals surface area contributed by atoms with Crippen LogP contribution < -0.4 is 5.32 Å². The molecule has 16 heavy (non-hydrogen) atoms. The second-order valence-corrected chi connectivity index (χ2v) is 3.60. The topological polar surface area (TPSA) is 21.3 Å². The molecular weight excluding hydrogens is 236 g/mol. The lowest BCUT2D eigenvalue weighted by atomic mass is 10.2. The normalized spacial score (nSPS) is 10.7. The van der Waals surface area contributed by atoms with Crippen molar-refractivity contribution in [2.24, 2.45) is 0 Å². The maximum atomic E-state index is 12.8. The molecular formula is C11H14ClF2NO. The number of rotatable bonds is 7. The van der Waals surface area contributed by atoms with Crippen molar-refractivity contribution in [3.63, 3.8) is 0 Å². The average Bonchev–Trinajstić information content (AvgIpc) is 2.28. The predicted molar refractivity (Wildman–Crippen MR) is 59.6 cm³/mol. The fourth-order valence-corrected chi connectivity index (χ4v) is 1.29. The van der Waals surface area contributed by atoms with Crippen LogP contribution in [0.25, 0.3) is 0 Å². The van der Waals surface area contributed by atoms with E-state index >= 15 is 0 Å². The van der Waals surface area contributed by atoms with Crippen LogP contribution >= 0.6 is 11.6 Å². The molecule has 0 aliphatic carbocycles. The molecule has 0 aromatic heterocycles. The van der Waals surface area contributed by atoms with E-state index in [4.69, 9.17) is 16.3 Å². The number of benzene rings is 1. The molecule has 0 unspecified atom stereocenters. The van der Waals surface area contributed by atoms with Gasteiger partial charge in [-0.2, -0.15) is 0 Å². The molecule has 0 saturated carbocycles. The van der Waals surface area contributed by atoms with Gasteiger partial charge in [0.1, 0.15) is 0 Å². The quantitative estimate of drug-likeness (QED) is 0.592. The first-order chi connectivity index (χ1) is 7.74. The van der Waals surface area contributed by atoms with Crippen LogP contribution in [0, 0.1) is 11.6 Å². The maximum Gasteiger partial charge on any atom is 0.159 e. The largest absolute Gasteiger partial charge is 0.379 e. The van der Waals surface area contributed by atoms with E-state index in [-0.39, 0.29) is 0 Å². The molecule has 0 atom stereocenters. The van der Waals surface area contributed by atoms with Gasteiger partial charge in [-0.15, -0.1) is 11.6 Å². The molecule has 0 heterocycles. The maximum absolute atomic E-state index is 12.8. The Labute approximate surface area is 98.6 Å². The second kappa shape index (κ2) is 7.54. The first-order valence-corrected chi connectivity index (χ1v) is 5.56. The van der Waals surface area contributed by atoms with Crippen molar-refractivity contribution in [1.82, 2.24) is 5.32 Å². The van der Waals surface area contributed by atoms with Crippen molar-refractivity contribution in [2.75, 3.05) is 25.6 Å². The predicted octanol–water partition coefficient (Wildman–Crippen LogP) is 2.31. The molecule has 0 bridgehead atoms. The number of hydrogen-bond acceptors (Lipinski definition) is 2. The van der Waals surface area contributed by atoms with Crippen LogP contribution in [-0.2, 0) is 11.3 Å². The van der Waals surface area contributed by atoms with Gasteiger partial charge in [0, 0.05) is 19.0 Å². The summed E-state index contributed by atoms with van der Waals surface area (Å²) >= 11 is 5.42. The van der Waals surface area contributed by atoms with Crippen molar-refractivity contribution >= 4 is 11.6 Å². The first-order valence-electron chi connectivity index (χ1n) is 5.02. The fraction of sp³-hybridized carbons (Fsp3) is 0.455. The zero-order chi connectivity index (χ0) is 11.8. The number of hydrogen-bond donors (Lipinski definition) is 1. The van der Waals surface area contributed by atoms with Gasteiger partial charge in [-0.25, -0.2) is 8.78 Å². The fourth-order valence-electron chi connectivity index (χ4n) is 1.18. The lowest BCUT2D eigenvalue weighted by Gasteiger charge is -2.05. The summed E-state index contributed by atoms with van der Waals surface area (Å²) < 4.78 is 30.5. The molecule has 90 valence electrons. The molecule has 0 saturated heterocycles. The number of ether oxygens (including phenoxy) is 1. The number of alkyl halides is 1. The van der Waals surface area contributed by atoms with Gasteiger partial charge in [0.15, 0.2) is 11.6 Å². The van der Waals surface area contributed by atoms with Gasteiger partial charge >= 0.3 is 0 Å². The molecule has 1 aromatic carbocycles. The monoisotopic (exact) mass is 249 g/mol. The highest BCUT2D eigenvalue weighted by Gasteiger charge is 2.01. The van der Waals surface area contributed by atoms with Crippen molar-refractivity contribution in [3.05, 3.63) is 35.4 Å². The van der Waals surface area contributed by atoms with E-state index in [0.717, 1.165) is 6.07 Å². The summed E-state index contributed by atoms with van der Waals surface area (Å²) in [7, 11) is 0. The molecule has 2 nitrogen and oxygen atoms in total. The molecule has 0 fully saturated rings. The highest BCUT2D eigenvalue weighted by Crippen LogP contribution is 2.08. The van der Waals surface area contributed by atoms with E-state index in [9.17, 15) is 8.78 Å². The number of nitrogens with one attached hydrogen (secondary N) is 1. The zero-order valence-corrected chi connectivity index (χ0v) is 9.57. The van der Waals surface area contributed by atoms with E-state index in [1.807, 2.05) is 0 Å². The lowest BCUT2D eigenvalue weighted by molar-refractivity contribution is 0.151. The van der Waals surface area contributed by atoms with Crippen molar-refractivity contribution in [2.45, 2.75) is 6.54 Å². The minimum absolute atomic E-state index is 0.475. The Kier molecular flexibility index (Phi) is 6.30. The summed E-state index contributed by atoms with van der Waals surface area (Å²) in [5, 5.41) is 3.05. The van der Waals surface area contributed by atoms with Crippen LogP contribution in [0.5, 0.6) is 0 Å². The van der Waals surface area contributed by atoms with Crippen molar-refractivity contribution in [1.29, 1.82) is 0 Å². The molecule has 0 aliphatic rings. The smallest absolute Gasteiger partial charge is 0.159 e. The molecule has 5 heteroatoms. The molecule has 1 rings (SSSR count). The van der Waals surface area contributed by atoms with Gasteiger partial charge in [0.05, 0.1) is 13.2 Å². The van der Waals surface area contributed by atoms with Crippen LogP contribution in [0.3, 0.4) is 0 Å². The number of halogens is 3. The minimum atomic E-state index is -0.825. The Balaban J connectivity index is 2.19. The van der Waals surface area contributed by atoms with Crippen molar-refractivity contribution in [3.8, 4) is 0 Å². The van der Waals surface area contributed by atoms with Crippen molar-refractivity contribution < 1.29 is 13.5 Å². The van der Waals surface area contributed by atoms with Gasteiger partial charge < -0.3 is 10.1 Å². The third kappa shape index (κ3) is 4.88. The van der Waals surface area contributed by atoms with E-state index in [2.05, 4.69) is 5.32 Å². The highest BCUT2D eigenvalue weighted by atomic mass is 35.5. The second-order valence-electron chi connectivity index (χ2n) is 3.23. The van der Waals surface area contributed by atoms with Crippen LogP contribution in [0.4, 0.5) is 8.78 Å². The van der Waals surface area contributed by atoms with Gasteiger partial charge in [-0.05, 0) is 17.7 Å². The Bertz CT molecular complexity index is 323. The van der Waals surface area contributed by atoms with Gasteiger partial charge in [0.2, 0.25) is 0 Å². The van der Waals surface area contributed by atoms with E-state index in [1.165, 1.54) is 6.07 Å². The van der Waals surface area contributed by atoms with Crippen LogP contribution in [0.1, 0.15) is 5.56 Å². The average molecular weight is 250 g/mol. The lowest BCUT2D eigenvalue weighted by Crippen LogP contribution is -2.19. The standard InChI is InChI=1S/C11H14ClF2NO/c12-3-5-16-6-4-15-8-9-1-2-10(13)11(14)7-9/h1-2,7,15H,3-6,8H2. The van der Waals surface area contributed by atoms with Crippen LogP contribution in [-0.4, -0.2) is 25.6 Å². The molecule has 1 aromatic rings. The van der Waals surface area contributed by atoms with Crippen LogP contribution in [0.15, 0.2) is 18.2 Å². The molecule has 0 aliphatic heterocycles. The third-order valence-corrected chi connectivity index (χ3v) is 2.11. The summed E-state index contributed by atoms with van der Waals surface area (Å²) in [5.74, 6) is -1.17. The Hall–Kier alpha value is -0.710. The Morgan fingerprint density at radius 2 is 2.00 bits per heavy atom. The summed E-state index contributed by atoms with van der Waals surface area (Å²) in [4.78, 5) is 0. The van der Waals surface area contributed by atoms with E-state index in [0.29, 0.717) is 37.7 Å². The van der Waals surface area contributed by atoms with E-state index < -0.39 is 11.6 Å². The van der Waals surface area contributed by atoms with Gasteiger partial charge in [-0.3, -0.25) is 0 Å². The van der Waals surface area contributed by atoms with E-state index in [1.54, 1.807) is 6.07 Å². The molecule has 1 N–H and O–H groups in total.